The second-order valence-electron chi connectivity index (χ2n) is 14.9. The van der Waals surface area contributed by atoms with Gasteiger partial charge in [-0.3, -0.25) is 4.90 Å². The number of carbonyl (C=O) groups excluding carboxylic acids is 2. The number of amides is 2. The molecule has 1 saturated carbocycles. The molecule has 0 spiro atoms. The van der Waals surface area contributed by atoms with Crippen LogP contribution in [0.25, 0.3) is 32.9 Å². The SMILES string of the molecule is CSc1nc2c(F)c(-c3cccc(Cl)c3Cl)c(CCC#N)cc2c2c1cc([C@H]1CCCN1C(=O)OCC[SiH3])n2[C@H]1[C@@H]2C[C@H]1N(C(=O)OC(C)(C)C)C2. The highest BCUT2D eigenvalue weighted by atomic mass is 35.5. The molecule has 0 N–H and O–H groups in total. The highest BCUT2D eigenvalue weighted by Crippen LogP contribution is 2.54. The van der Waals surface area contributed by atoms with E-state index in [4.69, 9.17) is 37.7 Å². The van der Waals surface area contributed by atoms with Crippen molar-refractivity contribution in [2.45, 2.75) is 87.7 Å². The molecule has 0 unspecified atom stereocenters. The average Bonchev–Trinajstić information content (AvgIpc) is 3.90. The molecular formula is C38H42Cl2FN5O4SSi. The van der Waals surface area contributed by atoms with Crippen molar-refractivity contribution in [3.05, 3.63) is 57.5 Å². The van der Waals surface area contributed by atoms with Crippen LogP contribution in [0.3, 0.4) is 0 Å². The van der Waals surface area contributed by atoms with Gasteiger partial charge in [-0.05, 0) is 82.5 Å². The molecule has 2 aromatic carbocycles. The Bertz CT molecular complexity index is 2130. The Morgan fingerprint density at radius 2 is 1.96 bits per heavy atom. The van der Waals surface area contributed by atoms with Crippen molar-refractivity contribution in [1.29, 1.82) is 5.26 Å². The molecule has 2 bridgehead atoms. The molecule has 4 aliphatic rings. The number of aromatic nitrogens is 2. The molecule has 9 nitrogen and oxygen atoms in total. The molecule has 5 heterocycles. The largest absolute Gasteiger partial charge is 0.450 e. The molecule has 274 valence electrons. The van der Waals surface area contributed by atoms with Gasteiger partial charge in [0.2, 0.25) is 0 Å². The number of rotatable bonds is 8. The zero-order valence-corrected chi connectivity index (χ0v) is 34.3. The van der Waals surface area contributed by atoms with Crippen molar-refractivity contribution in [2.24, 2.45) is 5.92 Å². The number of likely N-dealkylation sites (tertiary alicyclic amines) is 1. The first kappa shape index (κ1) is 36.8. The molecular weight excluding hydrogens is 741 g/mol. The minimum atomic E-state index is -0.646. The predicted molar refractivity (Wildman–Crippen MR) is 207 cm³/mol. The predicted octanol–water partition coefficient (Wildman–Crippen LogP) is 8.72. The van der Waals surface area contributed by atoms with E-state index in [1.165, 1.54) is 11.8 Å². The van der Waals surface area contributed by atoms with Gasteiger partial charge in [0.15, 0.2) is 5.82 Å². The number of thioether (sulfide) groups is 1. The molecule has 2 aromatic heterocycles. The van der Waals surface area contributed by atoms with Gasteiger partial charge in [0.1, 0.15) is 16.1 Å². The number of fused-ring (bicyclic) bond motifs is 4. The zero-order valence-electron chi connectivity index (χ0n) is 30.0. The topological polar surface area (TPSA) is 101 Å². The Balaban J connectivity index is 1.50. The monoisotopic (exact) mass is 781 g/mol. The van der Waals surface area contributed by atoms with Crippen LogP contribution in [0.1, 0.15) is 69.8 Å². The molecule has 4 atom stereocenters. The summed E-state index contributed by atoms with van der Waals surface area (Å²) in [5.74, 6) is -0.408. The summed E-state index contributed by atoms with van der Waals surface area (Å²) in [7, 11) is 0.938. The van der Waals surface area contributed by atoms with Gasteiger partial charge in [-0.15, -0.1) is 11.8 Å². The Morgan fingerprint density at radius 1 is 1.17 bits per heavy atom. The first-order valence-electron chi connectivity index (χ1n) is 17.9. The quantitative estimate of drug-likeness (QED) is 0.130. The Hall–Kier alpha value is -3.50. The Kier molecular flexibility index (Phi) is 10.2. The normalized spacial score (nSPS) is 21.2. The number of carbonyl (C=O) groups is 2. The smallest absolute Gasteiger partial charge is 0.410 e. The van der Waals surface area contributed by atoms with Crippen LogP contribution in [0, 0.1) is 23.1 Å². The van der Waals surface area contributed by atoms with E-state index in [-0.39, 0.29) is 65.2 Å². The lowest BCUT2D eigenvalue weighted by molar-refractivity contribution is 0.0208. The molecule has 4 fully saturated rings. The van der Waals surface area contributed by atoms with Crippen LogP contribution < -0.4 is 0 Å². The van der Waals surface area contributed by atoms with Gasteiger partial charge >= 0.3 is 12.2 Å². The van der Waals surface area contributed by atoms with Crippen LogP contribution in [0.5, 0.6) is 0 Å². The van der Waals surface area contributed by atoms with Crippen LogP contribution in [-0.2, 0) is 15.9 Å². The van der Waals surface area contributed by atoms with E-state index in [1.807, 2.05) is 42.9 Å². The molecule has 3 saturated heterocycles. The summed E-state index contributed by atoms with van der Waals surface area (Å²) < 4.78 is 31.1. The number of benzene rings is 2. The van der Waals surface area contributed by atoms with E-state index < -0.39 is 11.4 Å². The summed E-state index contributed by atoms with van der Waals surface area (Å²) >= 11 is 14.5. The molecule has 52 heavy (non-hydrogen) atoms. The van der Waals surface area contributed by atoms with E-state index >= 15 is 4.39 Å². The van der Waals surface area contributed by atoms with E-state index in [2.05, 4.69) is 16.7 Å². The molecule has 2 amide bonds. The minimum Gasteiger partial charge on any atom is -0.450 e. The fourth-order valence-corrected chi connectivity index (χ4v) is 9.46. The number of hydrogen-bond donors (Lipinski definition) is 0. The van der Waals surface area contributed by atoms with Gasteiger partial charge in [0.25, 0.3) is 0 Å². The van der Waals surface area contributed by atoms with Crippen LogP contribution in [-0.4, -0.2) is 79.4 Å². The number of nitrogens with zero attached hydrogens (tertiary/aromatic N) is 5. The molecule has 14 heteroatoms. The molecule has 1 aliphatic carbocycles. The van der Waals surface area contributed by atoms with Crippen LogP contribution in [0.2, 0.25) is 16.1 Å². The summed E-state index contributed by atoms with van der Waals surface area (Å²) in [6.07, 6.45) is 4.06. The number of ether oxygens (including phenoxy) is 2. The van der Waals surface area contributed by atoms with E-state index in [1.54, 1.807) is 18.2 Å². The molecule has 0 radical (unpaired) electrons. The summed E-state index contributed by atoms with van der Waals surface area (Å²) in [6, 6.07) is 11.7. The number of hydrogen-bond acceptors (Lipinski definition) is 7. The van der Waals surface area contributed by atoms with E-state index in [0.29, 0.717) is 46.3 Å². The lowest BCUT2D eigenvalue weighted by atomic mass is 9.79. The van der Waals surface area contributed by atoms with E-state index in [9.17, 15) is 14.9 Å². The van der Waals surface area contributed by atoms with E-state index in [0.717, 1.165) is 52.1 Å². The Morgan fingerprint density at radius 3 is 2.67 bits per heavy atom. The number of nitriles is 1. The van der Waals surface area contributed by atoms with Gasteiger partial charge in [-0.25, -0.2) is 19.0 Å². The molecule has 4 aromatic rings. The summed E-state index contributed by atoms with van der Waals surface area (Å²) in [5.41, 5.74) is 2.58. The fraction of sp³-hybridized carbons (Fsp3) is 0.474. The molecule has 8 rings (SSSR count). The van der Waals surface area contributed by atoms with Crippen LogP contribution in [0.15, 0.2) is 35.4 Å². The summed E-state index contributed by atoms with van der Waals surface area (Å²) in [5, 5.41) is 12.3. The van der Waals surface area contributed by atoms with Gasteiger partial charge in [0.05, 0.1) is 46.4 Å². The molecule has 3 aliphatic heterocycles. The van der Waals surface area contributed by atoms with Gasteiger partial charge < -0.3 is 18.9 Å². The van der Waals surface area contributed by atoms with Crippen LogP contribution in [0.4, 0.5) is 14.0 Å². The Labute approximate surface area is 320 Å². The number of halogens is 3. The highest BCUT2D eigenvalue weighted by molar-refractivity contribution is 7.98. The number of aryl methyl sites for hydroxylation is 1. The van der Waals surface area contributed by atoms with Crippen molar-refractivity contribution in [3.63, 3.8) is 0 Å². The standard InChI is InChI=1S/C38H42Cl2FN5O4SSi/c1-38(2,3)50-37(48)45-19-21-17-28(45)33(21)46-27(26-11-7-13-44(26)36(47)49-14-15-52)18-24-34(46)23-16-20(8-6-12-42)29(22-9-5-10-25(39)30(22)40)31(41)32(23)43-35(24)51-4/h5,9-10,16,18,21,26,28,33H,6-8,11,13-15,17,19H2,1-4,52H3/t21-,26-,28-,33+/m1/s1. The van der Waals surface area contributed by atoms with Gasteiger partial charge in [0, 0.05) is 63.3 Å². The van der Waals surface area contributed by atoms with Crippen molar-refractivity contribution in [3.8, 4) is 17.2 Å². The maximum atomic E-state index is 17.3. The third-order valence-corrected chi connectivity index (χ3v) is 12.4. The first-order chi connectivity index (χ1) is 24.9. The van der Waals surface area contributed by atoms with Crippen molar-refractivity contribution < 1.29 is 23.5 Å². The number of pyridine rings is 1. The zero-order chi connectivity index (χ0) is 37.1. The second kappa shape index (κ2) is 14.4. The minimum absolute atomic E-state index is 0.131. The summed E-state index contributed by atoms with van der Waals surface area (Å²) in [6.45, 7) is 7.09. The average molecular weight is 783 g/mol. The van der Waals surface area contributed by atoms with Gasteiger partial charge in [-0.1, -0.05) is 35.3 Å². The maximum Gasteiger partial charge on any atom is 0.410 e. The van der Waals surface area contributed by atoms with Crippen molar-refractivity contribution in [1.82, 2.24) is 19.4 Å². The van der Waals surface area contributed by atoms with Crippen molar-refractivity contribution in [2.75, 3.05) is 26.0 Å². The third kappa shape index (κ3) is 6.31. The fourth-order valence-electron chi connectivity index (χ4n) is 8.30. The van der Waals surface area contributed by atoms with Crippen molar-refractivity contribution >= 4 is 79.2 Å². The van der Waals surface area contributed by atoms with Crippen LogP contribution >= 0.6 is 35.0 Å². The second-order valence-corrected chi connectivity index (χ2v) is 17.4. The lowest BCUT2D eigenvalue weighted by Gasteiger charge is -2.40. The lowest BCUT2D eigenvalue weighted by Crippen LogP contribution is -2.45. The third-order valence-electron chi connectivity index (χ3n) is 10.4. The first-order valence-corrected chi connectivity index (χ1v) is 21.3. The van der Waals surface area contributed by atoms with Gasteiger partial charge in [-0.2, -0.15) is 5.26 Å². The summed E-state index contributed by atoms with van der Waals surface area (Å²) in [4.78, 5) is 35.6. The maximum absolute atomic E-state index is 17.3. The highest BCUT2D eigenvalue weighted by Gasteiger charge is 2.57.